The lowest BCUT2D eigenvalue weighted by Crippen LogP contribution is -2.15. The quantitative estimate of drug-likeness (QED) is 0.399. The zero-order valence-corrected chi connectivity index (χ0v) is 10.7. The Bertz CT molecular complexity index is 464. The molecule has 0 aromatic rings. The highest BCUT2D eigenvalue weighted by Gasteiger charge is 2.11. The van der Waals surface area contributed by atoms with Gasteiger partial charge in [-0.25, -0.2) is 0 Å². The number of rotatable bonds is 5. The number of hydrogen-bond donors (Lipinski definition) is 4. The van der Waals surface area contributed by atoms with Crippen molar-refractivity contribution in [3.05, 3.63) is 0 Å². The van der Waals surface area contributed by atoms with E-state index in [2.05, 4.69) is 0 Å². The fourth-order valence-electron chi connectivity index (χ4n) is 0.326. The van der Waals surface area contributed by atoms with Crippen LogP contribution in [0.4, 0.5) is 0 Å². The first-order valence-electron chi connectivity index (χ1n) is 3.73. The Morgan fingerprint density at radius 2 is 0.824 bits per heavy atom. The van der Waals surface area contributed by atoms with Crippen molar-refractivity contribution < 1.29 is 44.0 Å². The number of hydrogen-bond acceptors (Lipinski definition) is 7. The summed E-state index contributed by atoms with van der Waals surface area (Å²) in [5.41, 5.74) is 0. The second-order valence-electron chi connectivity index (χ2n) is 2.58. The van der Waals surface area contributed by atoms with Crippen LogP contribution >= 0.6 is 0 Å². The average molecular weight is 316 g/mol. The minimum Gasteiger partial charge on any atom is -0.395 e. The molecule has 0 aliphatic heterocycles. The highest BCUT2D eigenvalue weighted by atomic mass is 32.2. The van der Waals surface area contributed by atoms with Gasteiger partial charge in [0.25, 0.3) is 30.4 Å². The Morgan fingerprint density at radius 1 is 0.588 bits per heavy atom. The van der Waals surface area contributed by atoms with E-state index >= 15 is 0 Å². The van der Waals surface area contributed by atoms with E-state index in [1.54, 1.807) is 0 Å². The molecule has 0 amide bonds. The summed E-state index contributed by atoms with van der Waals surface area (Å²) in [5.74, 6) is -2.54. The lowest BCUT2D eigenvalue weighted by atomic mass is 10.9. The number of aliphatic hydroxyl groups excluding tert-OH is 1. The van der Waals surface area contributed by atoms with Crippen molar-refractivity contribution in [1.29, 1.82) is 0 Å². The monoisotopic (exact) mass is 316 g/mol. The van der Waals surface area contributed by atoms with Gasteiger partial charge in [-0.15, -0.1) is 0 Å². The van der Waals surface area contributed by atoms with Gasteiger partial charge in [-0.05, 0) is 0 Å². The van der Waals surface area contributed by atoms with Crippen LogP contribution in [0.15, 0.2) is 0 Å². The van der Waals surface area contributed by atoms with Crippen LogP contribution in [-0.2, 0) is 30.4 Å². The molecular weight excluding hydrogens is 304 g/mol. The van der Waals surface area contributed by atoms with Crippen molar-refractivity contribution in [3.63, 3.8) is 0 Å². The maximum Gasteiger partial charge on any atom is 0.267 e. The van der Waals surface area contributed by atoms with Crippen molar-refractivity contribution in [3.8, 4) is 0 Å². The Kier molecular flexibility index (Phi) is 8.06. The lowest BCUT2D eigenvalue weighted by molar-refractivity contribution is 0.315. The molecule has 0 fully saturated rings. The lowest BCUT2D eigenvalue weighted by Gasteiger charge is -1.92. The van der Waals surface area contributed by atoms with Crippen LogP contribution in [0.1, 0.15) is 0 Å². The Hall–Kier alpha value is -0.310. The molecule has 0 saturated carbocycles. The predicted molar refractivity (Wildman–Crippen MR) is 56.3 cm³/mol. The van der Waals surface area contributed by atoms with E-state index in [4.69, 9.17) is 18.8 Å². The van der Waals surface area contributed by atoms with Gasteiger partial charge < -0.3 is 5.11 Å². The first-order valence-corrected chi connectivity index (χ1v) is 8.56. The fraction of sp³-hybridized carbons (Fsp3) is 1.00. The first-order chi connectivity index (χ1) is 7.27. The summed E-state index contributed by atoms with van der Waals surface area (Å²) in [6.45, 7) is -0.529. The maximum absolute atomic E-state index is 9.86. The summed E-state index contributed by atoms with van der Waals surface area (Å²) < 4.78 is 82.5. The molecule has 0 unspecified atom stereocenters. The van der Waals surface area contributed by atoms with Crippen LogP contribution < -0.4 is 0 Å². The summed E-state index contributed by atoms with van der Waals surface area (Å²) in [5, 5.41) is 7.86. The van der Waals surface area contributed by atoms with Gasteiger partial charge >= 0.3 is 0 Å². The molecule has 0 radical (unpaired) electrons. The Labute approximate surface area is 98.5 Å². The van der Waals surface area contributed by atoms with Gasteiger partial charge in [0, 0.05) is 0 Å². The van der Waals surface area contributed by atoms with E-state index < -0.39 is 54.2 Å². The molecule has 0 atom stereocenters. The predicted octanol–water partition coefficient (Wildman–Crippen LogP) is -2.37. The highest BCUT2D eigenvalue weighted by molar-refractivity contribution is 7.89. The molecule has 10 nitrogen and oxygen atoms in total. The van der Waals surface area contributed by atoms with Crippen molar-refractivity contribution in [2.24, 2.45) is 0 Å². The molecule has 0 rings (SSSR count). The van der Waals surface area contributed by atoms with Gasteiger partial charge in [0.1, 0.15) is 0 Å². The van der Waals surface area contributed by atoms with Crippen LogP contribution in [0.3, 0.4) is 0 Å². The standard InChI is InChI=1S/C2H6O6S2.C2H6O4S/c3-9(4,5)1-2-10(6,7)8;3-1-2-7(4,5)6/h1-2H2,(H,3,4,5)(H,6,7,8);3H,1-2H2,(H,4,5,6). The van der Waals surface area contributed by atoms with Crippen molar-refractivity contribution in [2.45, 2.75) is 0 Å². The molecule has 106 valence electrons. The summed E-state index contributed by atoms with van der Waals surface area (Å²) in [4.78, 5) is 0. The van der Waals surface area contributed by atoms with Crippen molar-refractivity contribution >= 4 is 30.4 Å². The van der Waals surface area contributed by atoms with Gasteiger partial charge in [0.2, 0.25) is 0 Å². The molecular formula is C4H12O10S3. The first kappa shape index (κ1) is 19.0. The molecule has 0 aromatic carbocycles. The molecule has 4 N–H and O–H groups in total. The topological polar surface area (TPSA) is 183 Å². The third-order valence-corrected chi connectivity index (χ3v) is 3.35. The van der Waals surface area contributed by atoms with Gasteiger partial charge in [-0.1, -0.05) is 0 Å². The molecule has 0 aliphatic carbocycles. The third kappa shape index (κ3) is 25.7. The summed E-state index contributed by atoms with van der Waals surface area (Å²) in [6.07, 6.45) is 0. The van der Waals surface area contributed by atoms with E-state index in [1.165, 1.54) is 0 Å². The summed E-state index contributed by atoms with van der Waals surface area (Å²) >= 11 is 0. The van der Waals surface area contributed by atoms with Crippen LogP contribution in [0.5, 0.6) is 0 Å². The molecule has 0 bridgehead atoms. The van der Waals surface area contributed by atoms with Gasteiger partial charge in [-0.3, -0.25) is 13.7 Å². The van der Waals surface area contributed by atoms with Crippen LogP contribution in [0.2, 0.25) is 0 Å². The zero-order chi connectivity index (χ0) is 14.3. The molecule has 0 saturated heterocycles. The second kappa shape index (κ2) is 7.20. The van der Waals surface area contributed by atoms with Crippen LogP contribution in [0, 0.1) is 0 Å². The van der Waals surface area contributed by atoms with Crippen LogP contribution in [-0.4, -0.2) is 67.9 Å². The zero-order valence-electron chi connectivity index (χ0n) is 8.29. The van der Waals surface area contributed by atoms with E-state index in [0.717, 1.165) is 0 Å². The molecule has 0 aromatic heterocycles. The van der Waals surface area contributed by atoms with Crippen LogP contribution in [0.25, 0.3) is 0 Å². The molecule has 0 heterocycles. The van der Waals surface area contributed by atoms with Gasteiger partial charge in [-0.2, -0.15) is 25.3 Å². The highest BCUT2D eigenvalue weighted by Crippen LogP contribution is 1.86. The van der Waals surface area contributed by atoms with Gasteiger partial charge in [0.05, 0.1) is 23.9 Å². The van der Waals surface area contributed by atoms with Gasteiger partial charge in [0.15, 0.2) is 0 Å². The van der Waals surface area contributed by atoms with E-state index in [9.17, 15) is 25.3 Å². The maximum atomic E-state index is 9.86. The molecule has 0 spiro atoms. The largest absolute Gasteiger partial charge is 0.395 e. The minimum atomic E-state index is -4.30. The van der Waals surface area contributed by atoms with Crippen molar-refractivity contribution in [2.75, 3.05) is 23.9 Å². The fourth-order valence-corrected chi connectivity index (χ4v) is 2.24. The Morgan fingerprint density at radius 3 is 0.882 bits per heavy atom. The second-order valence-corrected chi connectivity index (χ2v) is 7.30. The SMILES string of the molecule is O=S(=O)(O)CCO.O=S(=O)(O)CCS(=O)(=O)O. The number of aliphatic hydroxyl groups is 1. The Balaban J connectivity index is 0. The molecule has 13 heteroatoms. The van der Waals surface area contributed by atoms with E-state index in [0.29, 0.717) is 0 Å². The molecule has 0 aliphatic rings. The molecule has 17 heavy (non-hydrogen) atoms. The summed E-state index contributed by atoms with van der Waals surface area (Å²) in [7, 11) is -12.5. The van der Waals surface area contributed by atoms with E-state index in [-0.39, 0.29) is 0 Å². The summed E-state index contributed by atoms with van der Waals surface area (Å²) in [6, 6.07) is 0. The third-order valence-electron chi connectivity index (χ3n) is 0.948. The normalized spacial score (nSPS) is 12.7. The van der Waals surface area contributed by atoms with Crippen molar-refractivity contribution in [1.82, 2.24) is 0 Å². The average Bonchev–Trinajstić information content (AvgIpc) is 1.97. The van der Waals surface area contributed by atoms with E-state index in [1.807, 2.05) is 0 Å². The smallest absolute Gasteiger partial charge is 0.267 e. The minimum absolute atomic E-state index is 0.529.